The molecule has 3 aromatic carbocycles. The van der Waals surface area contributed by atoms with E-state index in [1.807, 2.05) is 49.4 Å². The fourth-order valence-electron chi connectivity index (χ4n) is 5.08. The molecule has 1 saturated heterocycles. The lowest BCUT2D eigenvalue weighted by atomic mass is 9.97. The van der Waals surface area contributed by atoms with Gasteiger partial charge in [0.1, 0.15) is 0 Å². The third-order valence-electron chi connectivity index (χ3n) is 7.04. The molecule has 2 heterocycles. The van der Waals surface area contributed by atoms with Crippen LogP contribution in [0.4, 0.5) is 5.69 Å². The van der Waals surface area contributed by atoms with Gasteiger partial charge in [-0.25, -0.2) is 0 Å². The van der Waals surface area contributed by atoms with Gasteiger partial charge in [-0.15, -0.1) is 0 Å². The van der Waals surface area contributed by atoms with Gasteiger partial charge in [-0.05, 0) is 68.2 Å². The summed E-state index contributed by atoms with van der Waals surface area (Å²) in [6, 6.07) is 22.7. The van der Waals surface area contributed by atoms with Crippen LogP contribution in [0.2, 0.25) is 0 Å². The van der Waals surface area contributed by atoms with E-state index >= 15 is 0 Å². The number of hydrogen-bond donors (Lipinski definition) is 0. The van der Waals surface area contributed by atoms with Crippen LogP contribution in [0.25, 0.3) is 6.08 Å². The molecule has 1 fully saturated rings. The molecule has 0 aromatic heterocycles. The molecule has 2 aliphatic rings. The molecule has 2 amide bonds. The first-order valence-corrected chi connectivity index (χ1v) is 13.3. The molecule has 0 N–H and O–H groups in total. The van der Waals surface area contributed by atoms with E-state index < -0.39 is 0 Å². The highest BCUT2D eigenvalue weighted by Gasteiger charge is 2.31. The molecule has 3 aromatic rings. The van der Waals surface area contributed by atoms with Gasteiger partial charge in [-0.1, -0.05) is 54.1 Å². The Kier molecular flexibility index (Phi) is 7.77. The SMILES string of the molecule is CCOC(=O)[C@@H]1CCCN(C(=O)c2ccc(/C=C3/Oc4ccccc4N(Cc4cccc(C)c4)C3=O)cc2)C1. The molecule has 0 aliphatic carbocycles. The zero-order valence-electron chi connectivity index (χ0n) is 22.3. The van der Waals surface area contributed by atoms with Crippen LogP contribution in [0.5, 0.6) is 5.75 Å². The average molecular weight is 525 g/mol. The van der Waals surface area contributed by atoms with Crippen molar-refractivity contribution in [2.45, 2.75) is 33.2 Å². The Hall–Kier alpha value is -4.39. The minimum Gasteiger partial charge on any atom is -0.466 e. The van der Waals surface area contributed by atoms with Gasteiger partial charge in [0, 0.05) is 18.7 Å². The van der Waals surface area contributed by atoms with Gasteiger partial charge in [0.15, 0.2) is 11.5 Å². The highest BCUT2D eigenvalue weighted by molar-refractivity contribution is 6.09. The summed E-state index contributed by atoms with van der Waals surface area (Å²) in [6.45, 7) is 5.55. The molecule has 7 heteroatoms. The number of benzene rings is 3. The van der Waals surface area contributed by atoms with Gasteiger partial charge in [-0.3, -0.25) is 19.3 Å². The Labute approximate surface area is 228 Å². The minimum absolute atomic E-state index is 0.119. The summed E-state index contributed by atoms with van der Waals surface area (Å²) in [4.78, 5) is 42.3. The van der Waals surface area contributed by atoms with Crippen LogP contribution >= 0.6 is 0 Å². The second-order valence-corrected chi connectivity index (χ2v) is 9.92. The van der Waals surface area contributed by atoms with Crippen molar-refractivity contribution in [3.05, 3.63) is 101 Å². The van der Waals surface area contributed by atoms with E-state index in [2.05, 4.69) is 6.07 Å². The number of nitrogens with zero attached hydrogens (tertiary/aromatic N) is 2. The van der Waals surface area contributed by atoms with Crippen molar-refractivity contribution in [3.8, 4) is 5.75 Å². The predicted molar refractivity (Wildman–Crippen MR) is 149 cm³/mol. The lowest BCUT2D eigenvalue weighted by molar-refractivity contribution is -0.149. The number of hydrogen-bond acceptors (Lipinski definition) is 5. The fraction of sp³-hybridized carbons (Fsp3) is 0.281. The number of piperidine rings is 1. The fourth-order valence-corrected chi connectivity index (χ4v) is 5.08. The summed E-state index contributed by atoms with van der Waals surface area (Å²) in [5.41, 5.74) is 4.17. The average Bonchev–Trinajstić information content (AvgIpc) is 2.95. The van der Waals surface area contributed by atoms with E-state index in [1.165, 1.54) is 0 Å². The number of carbonyl (C=O) groups excluding carboxylic acids is 3. The summed E-state index contributed by atoms with van der Waals surface area (Å²) in [5, 5.41) is 0. The maximum Gasteiger partial charge on any atom is 0.310 e. The third-order valence-corrected chi connectivity index (χ3v) is 7.04. The van der Waals surface area contributed by atoms with Crippen LogP contribution in [-0.4, -0.2) is 42.4 Å². The molecule has 2 aliphatic heterocycles. The van der Waals surface area contributed by atoms with Gasteiger partial charge >= 0.3 is 5.97 Å². The quantitative estimate of drug-likeness (QED) is 0.320. The van der Waals surface area contributed by atoms with Gasteiger partial charge in [0.05, 0.1) is 24.8 Å². The van der Waals surface area contributed by atoms with Gasteiger partial charge < -0.3 is 14.4 Å². The van der Waals surface area contributed by atoms with E-state index in [9.17, 15) is 14.4 Å². The van der Waals surface area contributed by atoms with E-state index in [-0.39, 0.29) is 29.5 Å². The summed E-state index contributed by atoms with van der Waals surface area (Å²) in [5.74, 6) is -0.0446. The number of para-hydroxylation sites is 2. The molecule has 200 valence electrons. The summed E-state index contributed by atoms with van der Waals surface area (Å²) >= 11 is 0. The first kappa shape index (κ1) is 26.2. The maximum absolute atomic E-state index is 13.5. The van der Waals surface area contributed by atoms with Crippen LogP contribution in [-0.2, 0) is 20.9 Å². The largest absolute Gasteiger partial charge is 0.466 e. The molecular weight excluding hydrogens is 492 g/mol. The Bertz CT molecular complexity index is 1410. The third kappa shape index (κ3) is 5.87. The van der Waals surface area contributed by atoms with Crippen LogP contribution in [0, 0.1) is 12.8 Å². The van der Waals surface area contributed by atoms with Crippen LogP contribution in [0.3, 0.4) is 0 Å². The van der Waals surface area contributed by atoms with E-state index in [4.69, 9.17) is 9.47 Å². The first-order chi connectivity index (χ1) is 18.9. The van der Waals surface area contributed by atoms with Crippen LogP contribution in [0.1, 0.15) is 46.8 Å². The molecule has 5 rings (SSSR count). The predicted octanol–water partition coefficient (Wildman–Crippen LogP) is 5.38. The number of aryl methyl sites for hydroxylation is 1. The molecule has 1 atom stereocenters. The van der Waals surface area contributed by atoms with Gasteiger partial charge in [-0.2, -0.15) is 0 Å². The Morgan fingerprint density at radius 1 is 1.05 bits per heavy atom. The highest BCUT2D eigenvalue weighted by atomic mass is 16.5. The number of amides is 2. The monoisotopic (exact) mass is 524 g/mol. The molecular formula is C32H32N2O5. The topological polar surface area (TPSA) is 76.2 Å². The van der Waals surface area contributed by atoms with Crippen LogP contribution < -0.4 is 9.64 Å². The summed E-state index contributed by atoms with van der Waals surface area (Å²) in [6.07, 6.45) is 3.19. The zero-order chi connectivity index (χ0) is 27.4. The van der Waals surface area contributed by atoms with Crippen molar-refractivity contribution in [3.63, 3.8) is 0 Å². The van der Waals surface area contributed by atoms with Crippen molar-refractivity contribution >= 4 is 29.5 Å². The maximum atomic E-state index is 13.5. The molecule has 39 heavy (non-hydrogen) atoms. The standard InChI is InChI=1S/C32H32N2O5/c1-3-38-32(37)26-10-7-17-33(21-26)30(35)25-15-13-23(14-16-25)19-29-31(36)34(20-24-9-6-8-22(2)18-24)27-11-4-5-12-28(27)39-29/h4-6,8-9,11-16,18-19,26H,3,7,10,17,20-21H2,1-2H3/b29-19+/t26-/m1/s1. The first-order valence-electron chi connectivity index (χ1n) is 13.3. The molecule has 7 nitrogen and oxygen atoms in total. The lowest BCUT2D eigenvalue weighted by Crippen LogP contribution is -2.42. The number of ether oxygens (including phenoxy) is 2. The van der Waals surface area contributed by atoms with Crippen LogP contribution in [0.15, 0.2) is 78.6 Å². The minimum atomic E-state index is -0.285. The number of likely N-dealkylation sites (tertiary alicyclic amines) is 1. The van der Waals surface area contributed by atoms with E-state index in [0.717, 1.165) is 35.2 Å². The zero-order valence-corrected chi connectivity index (χ0v) is 22.3. The molecule has 0 unspecified atom stereocenters. The second-order valence-electron chi connectivity index (χ2n) is 9.92. The van der Waals surface area contributed by atoms with Crippen molar-refractivity contribution in [2.24, 2.45) is 5.92 Å². The molecule has 0 bridgehead atoms. The number of esters is 1. The van der Waals surface area contributed by atoms with Crippen molar-refractivity contribution < 1.29 is 23.9 Å². The normalized spacial score (nSPS) is 17.9. The molecule has 0 spiro atoms. The number of fused-ring (bicyclic) bond motifs is 1. The summed E-state index contributed by atoms with van der Waals surface area (Å²) in [7, 11) is 0. The highest BCUT2D eigenvalue weighted by Crippen LogP contribution is 2.36. The Balaban J connectivity index is 1.34. The molecule has 0 radical (unpaired) electrons. The van der Waals surface area contributed by atoms with Gasteiger partial charge in [0.25, 0.3) is 11.8 Å². The smallest absolute Gasteiger partial charge is 0.310 e. The van der Waals surface area contributed by atoms with Gasteiger partial charge in [0.2, 0.25) is 0 Å². The van der Waals surface area contributed by atoms with E-state index in [0.29, 0.717) is 37.6 Å². The second kappa shape index (κ2) is 11.6. The van der Waals surface area contributed by atoms with E-state index in [1.54, 1.807) is 47.1 Å². The molecule has 0 saturated carbocycles. The number of anilines is 1. The van der Waals surface area contributed by atoms with Crippen molar-refractivity contribution in [1.82, 2.24) is 4.90 Å². The van der Waals surface area contributed by atoms with Crippen molar-refractivity contribution in [1.29, 1.82) is 0 Å². The number of carbonyl (C=O) groups is 3. The Morgan fingerprint density at radius 2 is 1.85 bits per heavy atom. The Morgan fingerprint density at radius 3 is 2.62 bits per heavy atom. The number of rotatable bonds is 6. The lowest BCUT2D eigenvalue weighted by Gasteiger charge is -2.31. The summed E-state index contributed by atoms with van der Waals surface area (Å²) < 4.78 is 11.2. The van der Waals surface area contributed by atoms with Crippen molar-refractivity contribution in [2.75, 3.05) is 24.6 Å².